The van der Waals surface area contributed by atoms with Gasteiger partial charge < -0.3 is 19.5 Å². The summed E-state index contributed by atoms with van der Waals surface area (Å²) < 4.78 is 6.36. The first-order valence-corrected chi connectivity index (χ1v) is 11.2. The molecule has 1 N–H and O–H groups in total. The van der Waals surface area contributed by atoms with Gasteiger partial charge in [-0.2, -0.15) is 0 Å². The average Bonchev–Trinajstić information content (AvgIpc) is 3.05. The van der Waals surface area contributed by atoms with Crippen molar-refractivity contribution in [3.8, 4) is 5.75 Å². The number of likely N-dealkylation sites (N-methyl/N-ethyl adjacent to an activating group) is 1. The number of likely N-dealkylation sites (tertiary alicyclic amines) is 1. The molecule has 28 heavy (non-hydrogen) atoms. The lowest BCUT2D eigenvalue weighted by molar-refractivity contribution is 0.0494. The van der Waals surface area contributed by atoms with E-state index in [1.165, 1.54) is 48.9 Å². The summed E-state index contributed by atoms with van der Waals surface area (Å²) in [6.45, 7) is 8.06. The van der Waals surface area contributed by atoms with E-state index in [2.05, 4.69) is 51.0 Å². The van der Waals surface area contributed by atoms with Gasteiger partial charge in [-0.25, -0.2) is 0 Å². The quantitative estimate of drug-likeness (QED) is 0.860. The summed E-state index contributed by atoms with van der Waals surface area (Å²) in [5.41, 5.74) is 2.53. The molecule has 5 heteroatoms. The van der Waals surface area contributed by atoms with Gasteiger partial charge in [-0.1, -0.05) is 6.42 Å². The predicted molar refractivity (Wildman–Crippen MR) is 114 cm³/mol. The maximum atomic E-state index is 6.36. The minimum absolute atomic E-state index is 0.373. The average molecular weight is 383 g/mol. The van der Waals surface area contributed by atoms with Gasteiger partial charge >= 0.3 is 0 Å². The van der Waals surface area contributed by atoms with Crippen molar-refractivity contribution in [2.24, 2.45) is 0 Å². The molecule has 2 saturated heterocycles. The van der Waals surface area contributed by atoms with Crippen LogP contribution in [-0.4, -0.2) is 78.1 Å². The third-order valence-corrected chi connectivity index (χ3v) is 7.01. The highest BCUT2D eigenvalue weighted by Gasteiger charge is 2.29. The number of piperidine rings is 1. The summed E-state index contributed by atoms with van der Waals surface area (Å²) in [4.78, 5) is 11.2. The van der Waals surface area contributed by atoms with Gasteiger partial charge in [0.05, 0.1) is 0 Å². The molecule has 3 aliphatic rings. The van der Waals surface area contributed by atoms with Crippen LogP contribution in [0.1, 0.15) is 37.8 Å². The predicted octanol–water partition coefficient (Wildman–Crippen LogP) is 3.31. The van der Waals surface area contributed by atoms with Gasteiger partial charge in [0.2, 0.25) is 0 Å². The molecular weight excluding hydrogens is 348 g/mol. The normalized spacial score (nSPS) is 23.9. The first-order chi connectivity index (χ1) is 13.7. The Bertz CT molecular complexity index is 783. The molecular formula is C23H34N4O. The Morgan fingerprint density at radius 2 is 1.75 bits per heavy atom. The SMILES string of the molecule is CN1CCN(Cc2cc3cc(OC4CCN(C5CCC5)CC4)ccc3[nH]2)CC1. The molecule has 0 spiro atoms. The molecule has 152 valence electrons. The van der Waals surface area contributed by atoms with Crippen molar-refractivity contribution in [3.63, 3.8) is 0 Å². The summed E-state index contributed by atoms with van der Waals surface area (Å²) in [7, 11) is 2.21. The maximum Gasteiger partial charge on any atom is 0.120 e. The molecule has 2 aromatic rings. The lowest BCUT2D eigenvalue weighted by Gasteiger charge is -2.41. The van der Waals surface area contributed by atoms with Crippen molar-refractivity contribution >= 4 is 10.9 Å². The van der Waals surface area contributed by atoms with Crippen LogP contribution >= 0.6 is 0 Å². The Morgan fingerprint density at radius 1 is 0.964 bits per heavy atom. The van der Waals surface area contributed by atoms with Crippen LogP contribution in [0.5, 0.6) is 5.75 Å². The molecule has 3 heterocycles. The minimum atomic E-state index is 0.373. The second kappa shape index (κ2) is 8.05. The zero-order valence-corrected chi connectivity index (χ0v) is 17.2. The highest BCUT2D eigenvalue weighted by molar-refractivity contribution is 5.81. The van der Waals surface area contributed by atoms with E-state index in [9.17, 15) is 0 Å². The molecule has 1 aromatic heterocycles. The van der Waals surface area contributed by atoms with Gasteiger partial charge in [-0.05, 0) is 57.0 Å². The molecule has 0 unspecified atom stereocenters. The fraction of sp³-hybridized carbons (Fsp3) is 0.652. The van der Waals surface area contributed by atoms with Crippen molar-refractivity contribution in [1.29, 1.82) is 0 Å². The van der Waals surface area contributed by atoms with Crippen LogP contribution in [-0.2, 0) is 6.54 Å². The van der Waals surface area contributed by atoms with Crippen LogP contribution < -0.4 is 4.74 Å². The van der Waals surface area contributed by atoms with Crippen molar-refractivity contribution in [1.82, 2.24) is 19.7 Å². The lowest BCUT2D eigenvalue weighted by atomic mass is 9.90. The number of aromatic nitrogens is 1. The van der Waals surface area contributed by atoms with E-state index >= 15 is 0 Å². The highest BCUT2D eigenvalue weighted by atomic mass is 16.5. The standard InChI is InChI=1S/C23H34N4O/c1-25-11-13-26(14-12-25)17-19-15-18-16-22(5-6-23(18)24-19)28-21-7-9-27(10-8-21)20-3-2-4-20/h5-6,15-16,20-21,24H,2-4,7-14,17H2,1H3. The Labute approximate surface area is 168 Å². The summed E-state index contributed by atoms with van der Waals surface area (Å²) in [5.74, 6) is 1.03. The number of H-pyrrole nitrogens is 1. The summed E-state index contributed by atoms with van der Waals surface area (Å²) in [5, 5.41) is 1.27. The van der Waals surface area contributed by atoms with E-state index in [4.69, 9.17) is 4.74 Å². The largest absolute Gasteiger partial charge is 0.490 e. The first kappa shape index (κ1) is 18.5. The maximum absolute atomic E-state index is 6.36. The topological polar surface area (TPSA) is 34.7 Å². The Hall–Kier alpha value is -1.56. The van der Waals surface area contributed by atoms with Crippen LogP contribution in [0.3, 0.4) is 0 Å². The molecule has 2 aliphatic heterocycles. The van der Waals surface area contributed by atoms with E-state index in [0.717, 1.165) is 57.4 Å². The first-order valence-electron chi connectivity index (χ1n) is 11.2. The van der Waals surface area contributed by atoms with Crippen molar-refractivity contribution in [3.05, 3.63) is 30.0 Å². The fourth-order valence-corrected chi connectivity index (χ4v) is 4.88. The van der Waals surface area contributed by atoms with E-state index in [1.54, 1.807) is 0 Å². The second-order valence-electron chi connectivity index (χ2n) is 9.06. The highest BCUT2D eigenvalue weighted by Crippen LogP contribution is 2.29. The molecule has 5 rings (SSSR count). The van der Waals surface area contributed by atoms with Crippen molar-refractivity contribution in [2.45, 2.75) is 50.8 Å². The Balaban J connectivity index is 1.18. The van der Waals surface area contributed by atoms with Gasteiger partial charge in [-0.15, -0.1) is 0 Å². The van der Waals surface area contributed by atoms with Gasteiger partial charge in [-0.3, -0.25) is 4.90 Å². The van der Waals surface area contributed by atoms with Gasteiger partial charge in [0.15, 0.2) is 0 Å². The number of ether oxygens (including phenoxy) is 1. The second-order valence-corrected chi connectivity index (χ2v) is 9.06. The van der Waals surface area contributed by atoms with Crippen LogP contribution in [0.4, 0.5) is 0 Å². The van der Waals surface area contributed by atoms with Gasteiger partial charge in [0, 0.05) is 68.5 Å². The van der Waals surface area contributed by atoms with Crippen LogP contribution in [0.2, 0.25) is 0 Å². The summed E-state index contributed by atoms with van der Waals surface area (Å²) in [6.07, 6.45) is 6.94. The molecule has 1 aliphatic carbocycles. The van der Waals surface area contributed by atoms with E-state index < -0.39 is 0 Å². The number of fused-ring (bicyclic) bond motifs is 1. The van der Waals surface area contributed by atoms with E-state index in [1.807, 2.05) is 0 Å². The molecule has 5 nitrogen and oxygen atoms in total. The number of piperazine rings is 1. The van der Waals surface area contributed by atoms with Crippen molar-refractivity contribution in [2.75, 3.05) is 46.3 Å². The number of rotatable bonds is 5. The molecule has 0 amide bonds. The molecule has 0 bridgehead atoms. The smallest absolute Gasteiger partial charge is 0.120 e. The fourth-order valence-electron chi connectivity index (χ4n) is 4.88. The third-order valence-electron chi connectivity index (χ3n) is 7.01. The molecule has 3 fully saturated rings. The molecule has 0 radical (unpaired) electrons. The Kier molecular flexibility index (Phi) is 5.31. The lowest BCUT2D eigenvalue weighted by Crippen LogP contribution is -2.46. The zero-order valence-electron chi connectivity index (χ0n) is 17.2. The van der Waals surface area contributed by atoms with Gasteiger partial charge in [0.1, 0.15) is 11.9 Å². The van der Waals surface area contributed by atoms with Gasteiger partial charge in [0.25, 0.3) is 0 Å². The molecule has 1 aromatic carbocycles. The molecule has 0 atom stereocenters. The number of benzene rings is 1. The van der Waals surface area contributed by atoms with Crippen LogP contribution in [0.25, 0.3) is 10.9 Å². The summed E-state index contributed by atoms with van der Waals surface area (Å²) >= 11 is 0. The minimum Gasteiger partial charge on any atom is -0.490 e. The van der Waals surface area contributed by atoms with E-state index in [0.29, 0.717) is 6.10 Å². The number of nitrogens with zero attached hydrogens (tertiary/aromatic N) is 3. The van der Waals surface area contributed by atoms with Crippen LogP contribution in [0, 0.1) is 0 Å². The third kappa shape index (κ3) is 4.07. The monoisotopic (exact) mass is 382 g/mol. The zero-order chi connectivity index (χ0) is 18.9. The van der Waals surface area contributed by atoms with Crippen LogP contribution in [0.15, 0.2) is 24.3 Å². The molecule has 1 saturated carbocycles. The number of nitrogens with one attached hydrogen (secondary N) is 1. The van der Waals surface area contributed by atoms with E-state index in [-0.39, 0.29) is 0 Å². The number of hydrogen-bond donors (Lipinski definition) is 1. The Morgan fingerprint density at radius 3 is 2.46 bits per heavy atom. The van der Waals surface area contributed by atoms with Crippen molar-refractivity contribution < 1.29 is 4.74 Å². The number of aromatic amines is 1. The number of hydrogen-bond acceptors (Lipinski definition) is 4. The summed E-state index contributed by atoms with van der Waals surface area (Å²) in [6, 6.07) is 9.71.